The second-order valence-electron chi connectivity index (χ2n) is 15.0. The molecular weight excluding hydrogens is 590 g/mol. The SMILES string of the molecule is C=CC(c1ccccc1)[N+](CCCCCCCCCCCC)(CCCCCCCCCCCC)CCCCCCCCCCCC.[Cl-]. The molecule has 1 nitrogen and oxygen atoms in total. The summed E-state index contributed by atoms with van der Waals surface area (Å²) in [7, 11) is 0. The molecule has 1 unspecified atom stereocenters. The Morgan fingerprint density at radius 2 is 0.681 bits per heavy atom. The normalized spacial score (nSPS) is 12.2. The molecule has 1 aromatic rings. The van der Waals surface area contributed by atoms with Crippen molar-refractivity contribution >= 4 is 0 Å². The monoisotopic (exact) mass is 674 g/mol. The van der Waals surface area contributed by atoms with E-state index < -0.39 is 0 Å². The first-order valence-electron chi connectivity index (χ1n) is 21.3. The van der Waals surface area contributed by atoms with Crippen LogP contribution in [0.25, 0.3) is 0 Å². The Hall–Kier alpha value is -0.790. The smallest absolute Gasteiger partial charge is 0.133 e. The summed E-state index contributed by atoms with van der Waals surface area (Å²) in [6.07, 6.45) is 44.9. The van der Waals surface area contributed by atoms with Crippen molar-refractivity contribution in [3.63, 3.8) is 0 Å². The van der Waals surface area contributed by atoms with Crippen LogP contribution in [0.5, 0.6) is 0 Å². The molecule has 2 heteroatoms. The molecule has 0 aliphatic carbocycles. The average Bonchev–Trinajstić information content (AvgIpc) is 3.08. The molecule has 0 saturated heterocycles. The molecule has 47 heavy (non-hydrogen) atoms. The van der Waals surface area contributed by atoms with Gasteiger partial charge in [-0.05, 0) is 44.6 Å². The van der Waals surface area contributed by atoms with Crippen LogP contribution >= 0.6 is 0 Å². The van der Waals surface area contributed by atoms with E-state index in [2.05, 4.69) is 63.8 Å². The number of rotatable bonds is 36. The van der Waals surface area contributed by atoms with Crippen molar-refractivity contribution in [2.24, 2.45) is 0 Å². The maximum atomic E-state index is 4.49. The van der Waals surface area contributed by atoms with Gasteiger partial charge in [0.15, 0.2) is 0 Å². The number of nitrogens with zero attached hydrogens (tertiary/aromatic N) is 1. The van der Waals surface area contributed by atoms with Crippen LogP contribution in [0.2, 0.25) is 0 Å². The molecule has 0 radical (unpaired) electrons. The predicted octanol–water partition coefficient (Wildman–Crippen LogP) is 12.5. The molecule has 0 bridgehead atoms. The van der Waals surface area contributed by atoms with E-state index in [1.807, 2.05) is 0 Å². The fourth-order valence-electron chi connectivity index (χ4n) is 7.82. The summed E-state index contributed by atoms with van der Waals surface area (Å²) in [5, 5.41) is 0. The van der Waals surface area contributed by atoms with E-state index in [0.29, 0.717) is 6.04 Å². The number of benzene rings is 1. The van der Waals surface area contributed by atoms with Crippen molar-refractivity contribution in [2.45, 2.75) is 219 Å². The molecule has 1 rings (SSSR count). The molecule has 0 aliphatic rings. The van der Waals surface area contributed by atoms with Crippen LogP contribution in [0.3, 0.4) is 0 Å². The molecule has 0 saturated carbocycles. The van der Waals surface area contributed by atoms with Crippen molar-refractivity contribution in [1.82, 2.24) is 0 Å². The van der Waals surface area contributed by atoms with Gasteiger partial charge in [0.05, 0.1) is 19.6 Å². The Balaban J connectivity index is 0.0000212. The van der Waals surface area contributed by atoms with Gasteiger partial charge in [-0.2, -0.15) is 0 Å². The van der Waals surface area contributed by atoms with E-state index in [0.717, 1.165) is 0 Å². The second kappa shape index (κ2) is 35.1. The maximum absolute atomic E-state index is 4.49. The lowest BCUT2D eigenvalue weighted by atomic mass is 9.97. The number of quaternary nitrogens is 1. The van der Waals surface area contributed by atoms with Crippen molar-refractivity contribution in [3.05, 3.63) is 48.6 Å². The quantitative estimate of drug-likeness (QED) is 0.0378. The van der Waals surface area contributed by atoms with Crippen molar-refractivity contribution < 1.29 is 16.9 Å². The largest absolute Gasteiger partial charge is 1.00 e. The number of halogens is 1. The van der Waals surface area contributed by atoms with Crippen LogP contribution < -0.4 is 12.4 Å². The van der Waals surface area contributed by atoms with Crippen LogP contribution in [0.1, 0.15) is 225 Å². The molecule has 0 amide bonds. The summed E-state index contributed by atoms with van der Waals surface area (Å²) in [4.78, 5) is 0. The highest BCUT2D eigenvalue weighted by Gasteiger charge is 2.35. The van der Waals surface area contributed by atoms with Crippen LogP contribution in [0, 0.1) is 0 Å². The van der Waals surface area contributed by atoms with Gasteiger partial charge in [0, 0.05) is 5.56 Å². The van der Waals surface area contributed by atoms with E-state index in [1.165, 1.54) is 222 Å². The lowest BCUT2D eigenvalue weighted by Gasteiger charge is -2.45. The highest BCUT2D eigenvalue weighted by molar-refractivity contribution is 5.20. The molecule has 0 fully saturated rings. The van der Waals surface area contributed by atoms with Crippen LogP contribution in [0.4, 0.5) is 0 Å². The number of hydrogen-bond donors (Lipinski definition) is 0. The van der Waals surface area contributed by atoms with Gasteiger partial charge in [0.25, 0.3) is 0 Å². The Labute approximate surface area is 303 Å². The molecule has 0 aliphatic heterocycles. The van der Waals surface area contributed by atoms with Crippen molar-refractivity contribution in [1.29, 1.82) is 0 Å². The van der Waals surface area contributed by atoms with Crippen LogP contribution in [-0.4, -0.2) is 24.1 Å². The highest BCUT2D eigenvalue weighted by atomic mass is 35.5. The minimum Gasteiger partial charge on any atom is -1.00 e. The zero-order valence-electron chi connectivity index (χ0n) is 32.4. The summed E-state index contributed by atoms with van der Waals surface area (Å²) in [6, 6.07) is 11.9. The zero-order valence-corrected chi connectivity index (χ0v) is 33.2. The van der Waals surface area contributed by atoms with Gasteiger partial charge < -0.3 is 16.9 Å². The summed E-state index contributed by atoms with van der Waals surface area (Å²) < 4.78 is 1.25. The summed E-state index contributed by atoms with van der Waals surface area (Å²) in [6.45, 7) is 15.4. The van der Waals surface area contributed by atoms with Gasteiger partial charge in [-0.15, -0.1) is 0 Å². The minimum absolute atomic E-state index is 0. The molecular formula is C45H84ClN. The second-order valence-corrected chi connectivity index (χ2v) is 15.0. The molecule has 0 N–H and O–H groups in total. The van der Waals surface area contributed by atoms with Crippen molar-refractivity contribution in [2.75, 3.05) is 19.6 Å². The molecule has 1 aromatic carbocycles. The van der Waals surface area contributed by atoms with E-state index in [4.69, 9.17) is 0 Å². The molecule has 0 heterocycles. The van der Waals surface area contributed by atoms with Crippen LogP contribution in [0.15, 0.2) is 43.0 Å². The summed E-state index contributed by atoms with van der Waals surface area (Å²) >= 11 is 0. The number of unbranched alkanes of at least 4 members (excludes halogenated alkanes) is 27. The third kappa shape index (κ3) is 24.9. The topological polar surface area (TPSA) is 0 Å². The third-order valence-electron chi connectivity index (χ3n) is 10.8. The van der Waals surface area contributed by atoms with Crippen LogP contribution in [-0.2, 0) is 0 Å². The third-order valence-corrected chi connectivity index (χ3v) is 10.8. The van der Waals surface area contributed by atoms with Gasteiger partial charge in [-0.3, -0.25) is 0 Å². The fraction of sp³-hybridized carbons (Fsp3) is 0.822. The molecule has 1 atom stereocenters. The van der Waals surface area contributed by atoms with Gasteiger partial charge in [0.1, 0.15) is 6.04 Å². The van der Waals surface area contributed by atoms with Gasteiger partial charge >= 0.3 is 0 Å². The van der Waals surface area contributed by atoms with E-state index in [9.17, 15) is 0 Å². The van der Waals surface area contributed by atoms with Gasteiger partial charge in [0.2, 0.25) is 0 Å². The first-order chi connectivity index (χ1) is 22.7. The highest BCUT2D eigenvalue weighted by Crippen LogP contribution is 2.33. The lowest BCUT2D eigenvalue weighted by molar-refractivity contribution is -0.951. The van der Waals surface area contributed by atoms with Crippen molar-refractivity contribution in [3.8, 4) is 0 Å². The average molecular weight is 675 g/mol. The Morgan fingerprint density at radius 3 is 0.936 bits per heavy atom. The summed E-state index contributed by atoms with van der Waals surface area (Å²) in [5.41, 5.74) is 1.49. The fourth-order valence-corrected chi connectivity index (χ4v) is 7.82. The molecule has 0 spiro atoms. The first-order valence-corrected chi connectivity index (χ1v) is 21.3. The van der Waals surface area contributed by atoms with E-state index in [1.54, 1.807) is 0 Å². The van der Waals surface area contributed by atoms with E-state index >= 15 is 0 Å². The van der Waals surface area contributed by atoms with Gasteiger partial charge in [-0.1, -0.05) is 212 Å². The minimum atomic E-state index is 0. The van der Waals surface area contributed by atoms with Gasteiger partial charge in [-0.25, -0.2) is 0 Å². The zero-order chi connectivity index (χ0) is 33.2. The maximum Gasteiger partial charge on any atom is 0.133 e. The Bertz CT molecular complexity index is 686. The predicted molar refractivity (Wildman–Crippen MR) is 210 cm³/mol. The lowest BCUT2D eigenvalue weighted by Crippen LogP contribution is -3.00. The Kier molecular flexibility index (Phi) is 34.5. The first kappa shape index (κ1) is 46.2. The van der Waals surface area contributed by atoms with E-state index in [-0.39, 0.29) is 12.4 Å². The Morgan fingerprint density at radius 1 is 0.426 bits per heavy atom. The summed E-state index contributed by atoms with van der Waals surface area (Å²) in [5.74, 6) is 0. The molecule has 0 aromatic heterocycles. The number of hydrogen-bond acceptors (Lipinski definition) is 0. The molecule has 276 valence electrons. The standard InChI is InChI=1S/C45H84N.ClH/c1-5-9-12-15-18-21-24-27-30-36-41-46(45(8-4)44-39-34-33-35-40-44,42-37-31-28-25-22-19-16-13-10-6-2)43-38-32-29-26-23-20-17-14-11-7-3;/h8,33-35,39-40,45H,4-7,9-32,36-38,41-43H2,1-3H3;1H/q+1;/p-1.